The van der Waals surface area contributed by atoms with Gasteiger partial charge in [0.25, 0.3) is 5.91 Å². The Morgan fingerprint density at radius 1 is 1.43 bits per heavy atom. The van der Waals surface area contributed by atoms with Crippen LogP contribution in [0.5, 0.6) is 5.75 Å². The number of piperidine rings is 1. The first kappa shape index (κ1) is 17.7. The second-order valence-electron chi connectivity index (χ2n) is 5.64. The Hall–Kier alpha value is -1.63. The summed E-state index contributed by atoms with van der Waals surface area (Å²) >= 11 is 3.16. The number of hydrogen-bond donors (Lipinski definition) is 1. The van der Waals surface area contributed by atoms with E-state index in [0.29, 0.717) is 24.0 Å². The maximum atomic E-state index is 13.6. The largest absolute Gasteiger partial charge is 0.481 e. The highest BCUT2D eigenvalue weighted by molar-refractivity contribution is 9.10. The molecule has 0 saturated carbocycles. The van der Waals surface area contributed by atoms with E-state index in [0.717, 1.165) is 12.8 Å². The number of likely N-dealkylation sites (tertiary alicyclic amines) is 1. The number of amides is 1. The molecule has 1 amide bonds. The molecule has 1 aromatic rings. The molecule has 1 saturated heterocycles. The van der Waals surface area contributed by atoms with Crippen LogP contribution >= 0.6 is 15.9 Å². The van der Waals surface area contributed by atoms with Gasteiger partial charge in [-0.05, 0) is 43.4 Å². The number of carbonyl (C=O) groups is 2. The number of halogens is 2. The van der Waals surface area contributed by atoms with Gasteiger partial charge < -0.3 is 14.7 Å². The molecule has 1 aliphatic heterocycles. The average molecular weight is 388 g/mol. The number of benzene rings is 1. The molecule has 1 aromatic carbocycles. The Morgan fingerprint density at radius 3 is 2.91 bits per heavy atom. The minimum absolute atomic E-state index is 0.0426. The van der Waals surface area contributed by atoms with Gasteiger partial charge in [0.05, 0.1) is 0 Å². The van der Waals surface area contributed by atoms with Gasteiger partial charge in [0, 0.05) is 24.0 Å². The zero-order valence-electron chi connectivity index (χ0n) is 12.6. The van der Waals surface area contributed by atoms with Crippen molar-refractivity contribution < 1.29 is 23.8 Å². The molecule has 1 fully saturated rings. The third-order valence-corrected chi connectivity index (χ3v) is 4.38. The number of ether oxygens (including phenoxy) is 1. The topological polar surface area (TPSA) is 66.8 Å². The fourth-order valence-corrected chi connectivity index (χ4v) is 3.01. The summed E-state index contributed by atoms with van der Waals surface area (Å²) in [5, 5.41) is 8.74. The van der Waals surface area contributed by atoms with Gasteiger partial charge in [-0.25, -0.2) is 4.39 Å². The van der Waals surface area contributed by atoms with Gasteiger partial charge in [0.2, 0.25) is 0 Å². The van der Waals surface area contributed by atoms with Crippen molar-refractivity contribution in [2.45, 2.75) is 25.7 Å². The summed E-state index contributed by atoms with van der Waals surface area (Å²) in [5.74, 6) is -1.30. The minimum atomic E-state index is -0.817. The third kappa shape index (κ3) is 5.49. The molecule has 7 heteroatoms. The summed E-state index contributed by atoms with van der Waals surface area (Å²) in [4.78, 5) is 24.5. The Morgan fingerprint density at radius 2 is 2.22 bits per heavy atom. The predicted octanol–water partition coefficient (Wildman–Crippen LogP) is 3.07. The van der Waals surface area contributed by atoms with Gasteiger partial charge in [0.1, 0.15) is 0 Å². The lowest BCUT2D eigenvalue weighted by Gasteiger charge is -2.32. The lowest BCUT2D eigenvalue weighted by molar-refractivity contribution is -0.137. The van der Waals surface area contributed by atoms with E-state index in [2.05, 4.69) is 15.9 Å². The lowest BCUT2D eigenvalue weighted by atomic mass is 9.93. The summed E-state index contributed by atoms with van der Waals surface area (Å²) in [6, 6.07) is 4.40. The molecule has 0 radical (unpaired) electrons. The van der Waals surface area contributed by atoms with Crippen molar-refractivity contribution in [2.24, 2.45) is 5.92 Å². The number of aliphatic carboxylic acids is 1. The van der Waals surface area contributed by atoms with E-state index in [4.69, 9.17) is 9.84 Å². The number of carboxylic acid groups (broad SMARTS) is 1. The first-order valence-electron chi connectivity index (χ1n) is 7.53. The molecule has 0 aliphatic carbocycles. The van der Waals surface area contributed by atoms with Crippen molar-refractivity contribution in [2.75, 3.05) is 19.7 Å². The van der Waals surface area contributed by atoms with Crippen molar-refractivity contribution in [1.29, 1.82) is 0 Å². The molecule has 1 atom stereocenters. The SMILES string of the molecule is O=C(O)CCC1CCCN(C(=O)COc2ccc(Br)cc2F)C1. The van der Waals surface area contributed by atoms with Gasteiger partial charge in [-0.2, -0.15) is 0 Å². The summed E-state index contributed by atoms with van der Waals surface area (Å²) in [6.45, 7) is 0.955. The van der Waals surface area contributed by atoms with E-state index in [-0.39, 0.29) is 30.6 Å². The summed E-state index contributed by atoms with van der Waals surface area (Å²) < 4.78 is 19.5. The van der Waals surface area contributed by atoms with E-state index in [1.807, 2.05) is 0 Å². The highest BCUT2D eigenvalue weighted by Crippen LogP contribution is 2.23. The normalized spacial score (nSPS) is 17.8. The monoisotopic (exact) mass is 387 g/mol. The van der Waals surface area contributed by atoms with Crippen LogP contribution in [0, 0.1) is 11.7 Å². The molecule has 23 heavy (non-hydrogen) atoms. The maximum absolute atomic E-state index is 13.6. The van der Waals surface area contributed by atoms with Crippen LogP contribution in [0.3, 0.4) is 0 Å². The Balaban J connectivity index is 1.83. The highest BCUT2D eigenvalue weighted by Gasteiger charge is 2.24. The Kier molecular flexibility index (Phi) is 6.38. The van der Waals surface area contributed by atoms with Crippen molar-refractivity contribution in [3.8, 4) is 5.75 Å². The van der Waals surface area contributed by atoms with Crippen molar-refractivity contribution in [3.05, 3.63) is 28.5 Å². The fraction of sp³-hybridized carbons (Fsp3) is 0.500. The zero-order valence-corrected chi connectivity index (χ0v) is 14.2. The molecule has 126 valence electrons. The zero-order chi connectivity index (χ0) is 16.8. The van der Waals surface area contributed by atoms with Crippen LogP contribution in [0.4, 0.5) is 4.39 Å². The Labute approximate surface area is 142 Å². The second-order valence-corrected chi connectivity index (χ2v) is 6.56. The van der Waals surface area contributed by atoms with Crippen molar-refractivity contribution >= 4 is 27.8 Å². The first-order valence-corrected chi connectivity index (χ1v) is 8.32. The number of rotatable bonds is 6. The fourth-order valence-electron chi connectivity index (χ4n) is 2.68. The van der Waals surface area contributed by atoms with Gasteiger partial charge >= 0.3 is 5.97 Å². The van der Waals surface area contributed by atoms with Crippen LogP contribution in [-0.2, 0) is 9.59 Å². The minimum Gasteiger partial charge on any atom is -0.481 e. The number of nitrogens with zero attached hydrogens (tertiary/aromatic N) is 1. The molecule has 0 aromatic heterocycles. The summed E-state index contributed by atoms with van der Waals surface area (Å²) in [5.41, 5.74) is 0. The van der Waals surface area contributed by atoms with Crippen LogP contribution < -0.4 is 4.74 Å². The van der Waals surface area contributed by atoms with Gasteiger partial charge in [-0.3, -0.25) is 9.59 Å². The summed E-state index contributed by atoms with van der Waals surface area (Å²) in [7, 11) is 0. The number of hydrogen-bond acceptors (Lipinski definition) is 3. The van der Waals surface area contributed by atoms with Crippen LogP contribution in [0.1, 0.15) is 25.7 Å². The van der Waals surface area contributed by atoms with Crippen molar-refractivity contribution in [3.63, 3.8) is 0 Å². The molecular weight excluding hydrogens is 369 g/mol. The van der Waals surface area contributed by atoms with E-state index in [1.54, 1.807) is 11.0 Å². The van der Waals surface area contributed by atoms with Crippen LogP contribution in [0.15, 0.2) is 22.7 Å². The molecule has 0 bridgehead atoms. The predicted molar refractivity (Wildman–Crippen MR) is 85.8 cm³/mol. The van der Waals surface area contributed by atoms with Gasteiger partial charge in [0.15, 0.2) is 18.2 Å². The lowest BCUT2D eigenvalue weighted by Crippen LogP contribution is -2.42. The van der Waals surface area contributed by atoms with E-state index in [9.17, 15) is 14.0 Å². The number of carbonyl (C=O) groups excluding carboxylic acids is 1. The first-order chi connectivity index (χ1) is 11.0. The standard InChI is InChI=1S/C16H19BrFNO4/c17-12-4-5-14(13(18)8-12)23-10-15(20)19-7-1-2-11(9-19)3-6-16(21)22/h4-5,8,11H,1-3,6-7,9-10H2,(H,21,22). The molecule has 1 unspecified atom stereocenters. The maximum Gasteiger partial charge on any atom is 0.303 e. The molecular formula is C16H19BrFNO4. The van der Waals surface area contributed by atoms with Gasteiger partial charge in [-0.15, -0.1) is 0 Å². The highest BCUT2D eigenvalue weighted by atomic mass is 79.9. The van der Waals surface area contributed by atoms with Crippen molar-refractivity contribution in [1.82, 2.24) is 4.90 Å². The number of carboxylic acids is 1. The van der Waals surface area contributed by atoms with Gasteiger partial charge in [-0.1, -0.05) is 15.9 Å². The van der Waals surface area contributed by atoms with Crippen LogP contribution in [0.2, 0.25) is 0 Å². The van der Waals surface area contributed by atoms with E-state index in [1.165, 1.54) is 12.1 Å². The smallest absolute Gasteiger partial charge is 0.303 e. The quantitative estimate of drug-likeness (QED) is 0.814. The average Bonchev–Trinajstić information content (AvgIpc) is 2.52. The Bertz CT molecular complexity index is 581. The van der Waals surface area contributed by atoms with E-state index < -0.39 is 11.8 Å². The molecule has 1 aliphatic rings. The van der Waals surface area contributed by atoms with Crippen LogP contribution in [-0.4, -0.2) is 41.6 Å². The second kappa shape index (κ2) is 8.29. The molecule has 0 spiro atoms. The molecule has 2 rings (SSSR count). The molecule has 1 heterocycles. The molecule has 5 nitrogen and oxygen atoms in total. The van der Waals surface area contributed by atoms with E-state index >= 15 is 0 Å². The van der Waals surface area contributed by atoms with Crippen LogP contribution in [0.25, 0.3) is 0 Å². The third-order valence-electron chi connectivity index (χ3n) is 3.88. The molecule has 1 N–H and O–H groups in total. The summed E-state index contributed by atoms with van der Waals surface area (Å²) in [6.07, 6.45) is 2.47.